The normalized spacial score (nSPS) is 10.4. The van der Waals surface area contributed by atoms with Crippen LogP contribution in [0, 0.1) is 0 Å². The van der Waals surface area contributed by atoms with Crippen LogP contribution in [0.5, 0.6) is 23.0 Å². The number of furan rings is 1. The second-order valence-electron chi connectivity index (χ2n) is 6.23. The number of ether oxygens (including phenoxy) is 4. The number of hydrogen-bond donors (Lipinski definition) is 1. The van der Waals surface area contributed by atoms with E-state index >= 15 is 0 Å². The van der Waals surface area contributed by atoms with Crippen LogP contribution in [0.1, 0.15) is 21.9 Å². The van der Waals surface area contributed by atoms with E-state index in [4.69, 9.17) is 23.4 Å². The number of halogens is 1. The van der Waals surface area contributed by atoms with E-state index in [1.807, 2.05) is 24.3 Å². The van der Waals surface area contributed by atoms with Crippen LogP contribution in [0.3, 0.4) is 0 Å². The number of carbonyl (C=O) groups excluding carboxylic acids is 1. The van der Waals surface area contributed by atoms with Gasteiger partial charge >= 0.3 is 0 Å². The number of nitrogens with one attached hydrogen (secondary N) is 1. The number of amides is 1. The number of benzene rings is 2. The van der Waals surface area contributed by atoms with Gasteiger partial charge in [-0.2, -0.15) is 0 Å². The molecular weight excluding hydrogens is 454 g/mol. The van der Waals surface area contributed by atoms with Gasteiger partial charge in [0.15, 0.2) is 17.3 Å². The van der Waals surface area contributed by atoms with Gasteiger partial charge in [-0.3, -0.25) is 4.79 Å². The molecule has 0 fully saturated rings. The van der Waals surface area contributed by atoms with Crippen molar-refractivity contribution in [1.82, 2.24) is 5.32 Å². The molecule has 0 atom stereocenters. The van der Waals surface area contributed by atoms with E-state index in [-0.39, 0.29) is 24.8 Å². The van der Waals surface area contributed by atoms with Crippen LogP contribution in [-0.2, 0) is 13.2 Å². The summed E-state index contributed by atoms with van der Waals surface area (Å²) in [6.45, 7) is 0.483. The monoisotopic (exact) mass is 475 g/mol. The van der Waals surface area contributed by atoms with Crippen molar-refractivity contribution >= 4 is 21.8 Å². The lowest BCUT2D eigenvalue weighted by atomic mass is 10.1. The second kappa shape index (κ2) is 10.1. The maximum Gasteiger partial charge on any atom is 0.287 e. The standard InChI is InChI=1S/C22H22BrNO6/c1-26-19-9-14(10-20(27-2)21(19)28-3)12-24-22(25)18-8-7-17(30-18)13-29-16-6-4-5-15(23)11-16/h4-11H,12-13H2,1-3H3,(H,24,25). The van der Waals surface area contributed by atoms with Crippen molar-refractivity contribution < 1.29 is 28.2 Å². The van der Waals surface area contributed by atoms with Crippen LogP contribution in [0.4, 0.5) is 0 Å². The number of hydrogen-bond acceptors (Lipinski definition) is 6. The molecule has 0 aliphatic rings. The Morgan fingerprint density at radius 3 is 2.37 bits per heavy atom. The molecule has 1 heterocycles. The van der Waals surface area contributed by atoms with Gasteiger partial charge in [-0.15, -0.1) is 0 Å². The Labute approximate surface area is 183 Å². The number of carbonyl (C=O) groups is 1. The van der Waals surface area contributed by atoms with E-state index in [2.05, 4.69) is 21.2 Å². The minimum absolute atomic E-state index is 0.204. The van der Waals surface area contributed by atoms with Gasteiger partial charge in [-0.1, -0.05) is 22.0 Å². The molecule has 0 aliphatic heterocycles. The maximum atomic E-state index is 12.4. The SMILES string of the molecule is COc1cc(CNC(=O)c2ccc(COc3cccc(Br)c3)o2)cc(OC)c1OC. The van der Waals surface area contributed by atoms with Gasteiger partial charge < -0.3 is 28.7 Å². The highest BCUT2D eigenvalue weighted by Crippen LogP contribution is 2.38. The molecule has 30 heavy (non-hydrogen) atoms. The summed E-state index contributed by atoms with van der Waals surface area (Å²) in [5, 5.41) is 2.82. The first-order chi connectivity index (χ1) is 14.5. The van der Waals surface area contributed by atoms with Gasteiger partial charge in [0.25, 0.3) is 5.91 Å². The fourth-order valence-electron chi connectivity index (χ4n) is 2.80. The van der Waals surface area contributed by atoms with Gasteiger partial charge in [-0.25, -0.2) is 0 Å². The molecule has 0 saturated heterocycles. The summed E-state index contributed by atoms with van der Waals surface area (Å²) < 4.78 is 28.2. The van der Waals surface area contributed by atoms with Crippen molar-refractivity contribution in [3.63, 3.8) is 0 Å². The zero-order valence-corrected chi connectivity index (χ0v) is 18.4. The van der Waals surface area contributed by atoms with Crippen LogP contribution in [0.25, 0.3) is 0 Å². The van der Waals surface area contributed by atoms with Crippen LogP contribution in [0.15, 0.2) is 57.4 Å². The van der Waals surface area contributed by atoms with Crippen molar-refractivity contribution in [2.45, 2.75) is 13.2 Å². The maximum absolute atomic E-state index is 12.4. The average Bonchev–Trinajstić information content (AvgIpc) is 3.24. The molecular formula is C22H22BrNO6. The molecule has 0 radical (unpaired) electrons. The minimum atomic E-state index is -0.336. The molecule has 0 unspecified atom stereocenters. The van der Waals surface area contributed by atoms with Crippen molar-refractivity contribution in [2.75, 3.05) is 21.3 Å². The second-order valence-corrected chi connectivity index (χ2v) is 7.14. The fraction of sp³-hybridized carbons (Fsp3) is 0.227. The summed E-state index contributed by atoms with van der Waals surface area (Å²) >= 11 is 3.39. The average molecular weight is 476 g/mol. The Bertz CT molecular complexity index is 991. The molecule has 1 N–H and O–H groups in total. The highest BCUT2D eigenvalue weighted by molar-refractivity contribution is 9.10. The van der Waals surface area contributed by atoms with Crippen molar-refractivity contribution in [2.24, 2.45) is 0 Å². The highest BCUT2D eigenvalue weighted by atomic mass is 79.9. The highest BCUT2D eigenvalue weighted by Gasteiger charge is 2.15. The smallest absolute Gasteiger partial charge is 0.287 e. The molecule has 0 aliphatic carbocycles. The van der Waals surface area contributed by atoms with Gasteiger partial charge in [0.2, 0.25) is 5.75 Å². The number of methoxy groups -OCH3 is 3. The number of rotatable bonds is 9. The zero-order chi connectivity index (χ0) is 21.5. The first-order valence-electron chi connectivity index (χ1n) is 9.08. The largest absolute Gasteiger partial charge is 0.493 e. The van der Waals surface area contributed by atoms with E-state index in [0.717, 1.165) is 10.0 Å². The lowest BCUT2D eigenvalue weighted by Gasteiger charge is -2.14. The lowest BCUT2D eigenvalue weighted by Crippen LogP contribution is -2.22. The molecule has 0 bridgehead atoms. The molecule has 7 nitrogen and oxygen atoms in total. The summed E-state index contributed by atoms with van der Waals surface area (Å²) in [7, 11) is 4.62. The summed E-state index contributed by atoms with van der Waals surface area (Å²) in [6.07, 6.45) is 0. The predicted molar refractivity (Wildman–Crippen MR) is 114 cm³/mol. The van der Waals surface area contributed by atoms with Crippen molar-refractivity contribution in [3.05, 3.63) is 70.1 Å². The molecule has 1 amide bonds. The third kappa shape index (κ3) is 5.27. The topological polar surface area (TPSA) is 79.2 Å². The van der Waals surface area contributed by atoms with E-state index in [1.165, 1.54) is 7.11 Å². The van der Waals surface area contributed by atoms with E-state index < -0.39 is 0 Å². The van der Waals surface area contributed by atoms with Gasteiger partial charge in [0.05, 0.1) is 21.3 Å². The first kappa shape index (κ1) is 21.6. The summed E-state index contributed by atoms with van der Waals surface area (Å²) in [6, 6.07) is 14.4. The molecule has 0 spiro atoms. The Morgan fingerprint density at radius 2 is 1.73 bits per heavy atom. The zero-order valence-electron chi connectivity index (χ0n) is 16.9. The molecule has 0 saturated carbocycles. The Morgan fingerprint density at radius 1 is 1.00 bits per heavy atom. The van der Waals surface area contributed by atoms with E-state index in [1.54, 1.807) is 38.5 Å². The third-order valence-electron chi connectivity index (χ3n) is 4.24. The summed E-state index contributed by atoms with van der Waals surface area (Å²) in [4.78, 5) is 12.4. The minimum Gasteiger partial charge on any atom is -0.493 e. The van der Waals surface area contributed by atoms with E-state index in [0.29, 0.717) is 28.8 Å². The van der Waals surface area contributed by atoms with E-state index in [9.17, 15) is 4.79 Å². The van der Waals surface area contributed by atoms with Crippen LogP contribution >= 0.6 is 15.9 Å². The molecule has 3 aromatic rings. The molecule has 158 valence electrons. The Hall–Kier alpha value is -3.13. The van der Waals surface area contributed by atoms with Crippen molar-refractivity contribution in [3.8, 4) is 23.0 Å². The van der Waals surface area contributed by atoms with Gasteiger partial charge in [-0.05, 0) is 48.0 Å². The van der Waals surface area contributed by atoms with Crippen LogP contribution in [0.2, 0.25) is 0 Å². The van der Waals surface area contributed by atoms with Gasteiger partial charge in [0.1, 0.15) is 18.1 Å². The quantitative estimate of drug-likeness (QED) is 0.487. The summed E-state index contributed by atoms with van der Waals surface area (Å²) in [5.41, 5.74) is 0.794. The third-order valence-corrected chi connectivity index (χ3v) is 4.73. The molecule has 2 aromatic carbocycles. The van der Waals surface area contributed by atoms with Crippen LogP contribution < -0.4 is 24.3 Å². The molecule has 1 aromatic heterocycles. The molecule has 3 rings (SSSR count). The van der Waals surface area contributed by atoms with Crippen LogP contribution in [-0.4, -0.2) is 27.2 Å². The first-order valence-corrected chi connectivity index (χ1v) is 9.87. The summed E-state index contributed by atoms with van der Waals surface area (Å²) in [5.74, 6) is 2.66. The van der Waals surface area contributed by atoms with Crippen molar-refractivity contribution in [1.29, 1.82) is 0 Å². The lowest BCUT2D eigenvalue weighted by molar-refractivity contribution is 0.0919. The Kier molecular flexibility index (Phi) is 7.24. The van der Waals surface area contributed by atoms with Gasteiger partial charge in [0, 0.05) is 11.0 Å². The molecule has 8 heteroatoms. The Balaban J connectivity index is 1.60. The fourth-order valence-corrected chi connectivity index (χ4v) is 3.17. The predicted octanol–water partition coefficient (Wildman–Crippen LogP) is 4.58.